The van der Waals surface area contributed by atoms with Crippen molar-refractivity contribution in [1.82, 2.24) is 0 Å². The molecule has 1 heterocycles. The molecule has 0 aliphatic carbocycles. The molecule has 1 atom stereocenters. The fraction of sp³-hybridized carbons (Fsp3) is 0.500. The van der Waals surface area contributed by atoms with E-state index in [1.54, 1.807) is 0 Å². The van der Waals surface area contributed by atoms with Gasteiger partial charge in [0.05, 0.1) is 12.3 Å². The summed E-state index contributed by atoms with van der Waals surface area (Å²) in [6, 6.07) is 5.77. The monoisotopic (exact) mass is 248 g/mol. The highest BCUT2D eigenvalue weighted by molar-refractivity contribution is 6.05. The fourth-order valence-electron chi connectivity index (χ4n) is 2.28. The predicted molar refractivity (Wildman–Crippen MR) is 73.3 cm³/mol. The van der Waals surface area contributed by atoms with Crippen molar-refractivity contribution in [3.8, 4) is 5.75 Å². The number of fused-ring (bicyclic) bond motifs is 1. The summed E-state index contributed by atoms with van der Waals surface area (Å²) in [5.41, 5.74) is 1.82. The Balaban J connectivity index is 2.36. The molecule has 1 aromatic carbocycles. The first kappa shape index (κ1) is 12.7. The van der Waals surface area contributed by atoms with Crippen LogP contribution in [-0.2, 0) is 4.79 Å². The lowest BCUT2D eigenvalue weighted by molar-refractivity contribution is -0.117. The van der Waals surface area contributed by atoms with Crippen molar-refractivity contribution in [3.05, 3.63) is 18.2 Å². The molecule has 1 aromatic rings. The van der Waals surface area contributed by atoms with Crippen LogP contribution < -0.4 is 15.0 Å². The van der Waals surface area contributed by atoms with Gasteiger partial charge in [0, 0.05) is 7.05 Å². The minimum absolute atomic E-state index is 0.0417. The van der Waals surface area contributed by atoms with Crippen molar-refractivity contribution >= 4 is 17.3 Å². The Kier molecular flexibility index (Phi) is 3.75. The zero-order valence-corrected chi connectivity index (χ0v) is 11.2. The van der Waals surface area contributed by atoms with Crippen molar-refractivity contribution in [1.29, 1.82) is 0 Å². The molecular weight excluding hydrogens is 228 g/mol. The number of likely N-dealkylation sites (N-methyl/N-ethyl adjacent to an activating group) is 1. The molecule has 1 aliphatic rings. The summed E-state index contributed by atoms with van der Waals surface area (Å²) in [5, 5.41) is 2.96. The van der Waals surface area contributed by atoms with Crippen LogP contribution >= 0.6 is 0 Å². The van der Waals surface area contributed by atoms with Gasteiger partial charge in [0.25, 0.3) is 0 Å². The number of ether oxygens (including phenoxy) is 1. The van der Waals surface area contributed by atoms with Crippen LogP contribution in [0, 0.1) is 0 Å². The van der Waals surface area contributed by atoms with Gasteiger partial charge in [0.15, 0.2) is 0 Å². The second-order valence-corrected chi connectivity index (χ2v) is 4.52. The number of hydrogen-bond acceptors (Lipinski definition) is 3. The molecule has 4 heteroatoms. The molecule has 4 nitrogen and oxygen atoms in total. The van der Waals surface area contributed by atoms with Crippen molar-refractivity contribution < 1.29 is 9.53 Å². The Morgan fingerprint density at radius 1 is 1.39 bits per heavy atom. The van der Waals surface area contributed by atoms with Crippen LogP contribution in [0.1, 0.15) is 26.7 Å². The van der Waals surface area contributed by atoms with Crippen molar-refractivity contribution in [3.63, 3.8) is 0 Å². The Morgan fingerprint density at radius 2 is 2.17 bits per heavy atom. The Hall–Kier alpha value is -1.71. The van der Waals surface area contributed by atoms with E-state index in [1.807, 2.05) is 37.1 Å². The quantitative estimate of drug-likeness (QED) is 0.890. The number of carbonyl (C=O) groups is 1. The van der Waals surface area contributed by atoms with E-state index in [0.29, 0.717) is 6.61 Å². The van der Waals surface area contributed by atoms with Gasteiger partial charge in [-0.3, -0.25) is 4.79 Å². The molecule has 0 spiro atoms. The second kappa shape index (κ2) is 5.29. The lowest BCUT2D eigenvalue weighted by Crippen LogP contribution is -2.45. The summed E-state index contributed by atoms with van der Waals surface area (Å²) in [6.07, 6.45) is 1.74. The van der Waals surface area contributed by atoms with Crippen LogP contribution in [0.25, 0.3) is 0 Å². The average Bonchev–Trinajstić information content (AvgIpc) is 2.37. The van der Waals surface area contributed by atoms with Crippen molar-refractivity contribution in [2.45, 2.75) is 32.7 Å². The molecule has 1 aliphatic heterocycles. The molecule has 0 saturated carbocycles. The highest BCUT2D eigenvalue weighted by Crippen LogP contribution is 2.39. The summed E-state index contributed by atoms with van der Waals surface area (Å²) in [5.74, 6) is 0.796. The normalized spacial score (nSPS) is 18.3. The standard InChI is InChI=1S/C14H20N2O2/c1-4-9-18-12-8-6-7-11-13(12)15-14(17)10(5-2)16(11)3/h6-8,10H,4-5,9H2,1-3H3,(H,15,17). The van der Waals surface area contributed by atoms with E-state index in [1.165, 1.54) is 0 Å². The summed E-state index contributed by atoms with van der Waals surface area (Å²) in [4.78, 5) is 14.0. The van der Waals surface area contributed by atoms with Crippen LogP contribution in [0.15, 0.2) is 18.2 Å². The first-order chi connectivity index (χ1) is 8.69. The van der Waals surface area contributed by atoms with Crippen LogP contribution in [0.5, 0.6) is 5.75 Å². The van der Waals surface area contributed by atoms with Gasteiger partial charge in [-0.15, -0.1) is 0 Å². The molecule has 18 heavy (non-hydrogen) atoms. The smallest absolute Gasteiger partial charge is 0.247 e. The van der Waals surface area contributed by atoms with Gasteiger partial charge in [-0.25, -0.2) is 0 Å². The summed E-state index contributed by atoms with van der Waals surface area (Å²) in [6.45, 7) is 4.74. The zero-order valence-electron chi connectivity index (χ0n) is 11.2. The van der Waals surface area contributed by atoms with E-state index < -0.39 is 0 Å². The maximum Gasteiger partial charge on any atom is 0.247 e. The molecule has 0 saturated heterocycles. The number of anilines is 2. The first-order valence-corrected chi connectivity index (χ1v) is 6.48. The van der Waals surface area contributed by atoms with E-state index in [0.717, 1.165) is 30.0 Å². The Morgan fingerprint density at radius 3 is 2.83 bits per heavy atom. The maximum atomic E-state index is 12.0. The molecule has 0 aromatic heterocycles. The molecule has 0 radical (unpaired) electrons. The van der Waals surface area contributed by atoms with E-state index in [2.05, 4.69) is 12.2 Å². The van der Waals surface area contributed by atoms with Crippen molar-refractivity contribution in [2.75, 3.05) is 23.9 Å². The van der Waals surface area contributed by atoms with Crippen LogP contribution in [0.4, 0.5) is 11.4 Å². The molecule has 0 bridgehead atoms. The van der Waals surface area contributed by atoms with E-state index >= 15 is 0 Å². The second-order valence-electron chi connectivity index (χ2n) is 4.52. The summed E-state index contributed by atoms with van der Waals surface area (Å²) >= 11 is 0. The molecule has 98 valence electrons. The number of para-hydroxylation sites is 1. The maximum absolute atomic E-state index is 12.0. The summed E-state index contributed by atoms with van der Waals surface area (Å²) < 4.78 is 5.68. The van der Waals surface area contributed by atoms with Gasteiger partial charge in [0.1, 0.15) is 17.5 Å². The number of benzene rings is 1. The molecule has 1 amide bonds. The van der Waals surface area contributed by atoms with Crippen LogP contribution in [0.3, 0.4) is 0 Å². The number of hydrogen-bond donors (Lipinski definition) is 1. The fourth-order valence-corrected chi connectivity index (χ4v) is 2.28. The molecule has 1 N–H and O–H groups in total. The first-order valence-electron chi connectivity index (χ1n) is 6.48. The average molecular weight is 248 g/mol. The number of nitrogens with zero attached hydrogens (tertiary/aromatic N) is 1. The van der Waals surface area contributed by atoms with Crippen LogP contribution in [0.2, 0.25) is 0 Å². The van der Waals surface area contributed by atoms with Gasteiger partial charge in [0.2, 0.25) is 5.91 Å². The molecule has 2 rings (SSSR count). The zero-order chi connectivity index (χ0) is 13.1. The number of nitrogens with one attached hydrogen (secondary N) is 1. The van der Waals surface area contributed by atoms with Gasteiger partial charge < -0.3 is 15.0 Å². The highest BCUT2D eigenvalue weighted by atomic mass is 16.5. The van der Waals surface area contributed by atoms with Gasteiger partial charge in [-0.05, 0) is 25.0 Å². The molecule has 1 unspecified atom stereocenters. The summed E-state index contributed by atoms with van der Waals surface area (Å²) in [7, 11) is 1.95. The highest BCUT2D eigenvalue weighted by Gasteiger charge is 2.30. The van der Waals surface area contributed by atoms with Gasteiger partial charge >= 0.3 is 0 Å². The van der Waals surface area contributed by atoms with E-state index in [-0.39, 0.29) is 11.9 Å². The third-order valence-electron chi connectivity index (χ3n) is 3.25. The minimum atomic E-state index is -0.0982. The molecular formula is C14H20N2O2. The van der Waals surface area contributed by atoms with E-state index in [4.69, 9.17) is 4.74 Å². The van der Waals surface area contributed by atoms with Gasteiger partial charge in [-0.1, -0.05) is 19.9 Å². The Labute approximate surface area is 108 Å². The lowest BCUT2D eigenvalue weighted by atomic mass is 10.1. The number of carbonyl (C=O) groups excluding carboxylic acids is 1. The lowest BCUT2D eigenvalue weighted by Gasteiger charge is -2.35. The van der Waals surface area contributed by atoms with Crippen LogP contribution in [-0.4, -0.2) is 25.6 Å². The minimum Gasteiger partial charge on any atom is -0.491 e. The third kappa shape index (κ3) is 2.15. The SMILES string of the molecule is CCCOc1cccc2c1NC(=O)C(CC)N2C. The van der Waals surface area contributed by atoms with Gasteiger partial charge in [-0.2, -0.15) is 0 Å². The van der Waals surface area contributed by atoms with E-state index in [9.17, 15) is 4.79 Å². The molecule has 0 fully saturated rings. The largest absolute Gasteiger partial charge is 0.491 e. The van der Waals surface area contributed by atoms with Crippen molar-refractivity contribution in [2.24, 2.45) is 0 Å². The third-order valence-corrected chi connectivity index (χ3v) is 3.25. The number of rotatable bonds is 4. The predicted octanol–water partition coefficient (Wildman–Crippen LogP) is 2.64. The Bertz CT molecular complexity index is 445. The topological polar surface area (TPSA) is 41.6 Å². The number of amides is 1.